The number of piperazine rings is 1. The fourth-order valence-corrected chi connectivity index (χ4v) is 14.4. The molecule has 5 fully saturated rings. The Morgan fingerprint density at radius 3 is 2.49 bits per heavy atom. The number of aliphatic hydroxyl groups is 1. The average Bonchev–Trinajstić information content (AvgIpc) is 3.89. The summed E-state index contributed by atoms with van der Waals surface area (Å²) >= 11 is 0. The van der Waals surface area contributed by atoms with Crippen molar-refractivity contribution in [3.8, 4) is 5.88 Å². The number of piperidine rings is 1. The van der Waals surface area contributed by atoms with Crippen molar-refractivity contribution < 1.29 is 41.5 Å². The number of halogens is 2. The lowest BCUT2D eigenvalue weighted by Crippen LogP contribution is -2.59. The number of benzene rings is 4. The van der Waals surface area contributed by atoms with Crippen molar-refractivity contribution in [1.82, 2.24) is 24.5 Å². The lowest BCUT2D eigenvalue weighted by atomic mass is 9.59. The van der Waals surface area contributed by atoms with Crippen LogP contribution in [0.25, 0.3) is 11.0 Å². The van der Waals surface area contributed by atoms with Crippen molar-refractivity contribution in [2.24, 2.45) is 11.3 Å². The van der Waals surface area contributed by atoms with Gasteiger partial charge in [-0.1, -0.05) is 30.3 Å². The fourth-order valence-electron chi connectivity index (χ4n) is 13.4. The molecule has 2 aliphatic carbocycles. The number of anilines is 4. The Labute approximate surface area is 458 Å². The predicted molar refractivity (Wildman–Crippen MR) is 296 cm³/mol. The van der Waals surface area contributed by atoms with Crippen LogP contribution < -0.4 is 24.6 Å². The number of ether oxygens (including phenoxy) is 2. The number of hydrogen-bond donors (Lipinski definition) is 4. The molecule has 6 aromatic rings. The lowest BCUT2D eigenvalue weighted by molar-refractivity contribution is -0.384. The second-order valence-corrected chi connectivity index (χ2v) is 24.9. The third kappa shape index (κ3) is 10.6. The van der Waals surface area contributed by atoms with Crippen LogP contribution in [0.3, 0.4) is 0 Å². The maximum atomic E-state index is 14.8. The maximum absolute atomic E-state index is 14.8. The van der Waals surface area contributed by atoms with Gasteiger partial charge in [-0.3, -0.25) is 24.7 Å². The number of nitrogens with one attached hydrogen (secondary N) is 3. The van der Waals surface area contributed by atoms with Crippen molar-refractivity contribution in [3.63, 3.8) is 0 Å². The molecule has 0 unspecified atom stereocenters. The van der Waals surface area contributed by atoms with Gasteiger partial charge in [0, 0.05) is 87.7 Å². The third-order valence-corrected chi connectivity index (χ3v) is 19.3. The molecule has 2 saturated carbocycles. The third-order valence-electron chi connectivity index (χ3n) is 18.0. The Morgan fingerprint density at radius 2 is 1.72 bits per heavy atom. The van der Waals surface area contributed by atoms with Crippen LogP contribution in [0.15, 0.2) is 102 Å². The van der Waals surface area contributed by atoms with Gasteiger partial charge in [-0.05, 0) is 148 Å². The summed E-state index contributed by atoms with van der Waals surface area (Å²) in [5, 5.41) is 26.8. The van der Waals surface area contributed by atoms with Crippen LogP contribution in [0.5, 0.6) is 5.88 Å². The second kappa shape index (κ2) is 21.1. The van der Waals surface area contributed by atoms with Crippen LogP contribution in [0, 0.1) is 40.0 Å². The van der Waals surface area contributed by atoms with Gasteiger partial charge in [0.05, 0.1) is 45.9 Å². The Balaban J connectivity index is 0.796. The summed E-state index contributed by atoms with van der Waals surface area (Å²) in [7, 11) is -4.66. The lowest BCUT2D eigenvalue weighted by Gasteiger charge is -2.58. The quantitative estimate of drug-likeness (QED) is 0.0630. The minimum absolute atomic E-state index is 0.0707. The van der Waals surface area contributed by atoms with Crippen LogP contribution in [0.1, 0.15) is 97.8 Å². The van der Waals surface area contributed by atoms with Crippen molar-refractivity contribution in [2.75, 3.05) is 67.6 Å². The number of aromatic nitrogens is 2. The molecule has 17 nitrogen and oxygen atoms in total. The van der Waals surface area contributed by atoms with E-state index in [4.69, 9.17) is 14.5 Å². The first kappa shape index (κ1) is 53.0. The molecular weight excluding hydrogens is 1030 g/mol. The molecule has 6 aliphatic rings. The van der Waals surface area contributed by atoms with E-state index in [0.717, 1.165) is 94.0 Å². The molecule has 0 radical (unpaired) electrons. The maximum Gasteiger partial charge on any atom is 0.293 e. The number of pyridine rings is 1. The zero-order valence-corrected chi connectivity index (χ0v) is 45.3. The van der Waals surface area contributed by atoms with E-state index in [1.165, 1.54) is 35.4 Å². The highest BCUT2D eigenvalue weighted by molar-refractivity contribution is 7.90. The van der Waals surface area contributed by atoms with Crippen molar-refractivity contribution in [2.45, 2.75) is 113 Å². The van der Waals surface area contributed by atoms with Crippen LogP contribution in [-0.2, 0) is 21.3 Å². The Bertz CT molecular complexity index is 3410. The standard InChI is InChI=1S/C59H67F2N9O8S/c1-37-5-3-4-6-44(37)52-35-66(34-39-7-11-46(60)47(61)27-39)24-25-68(52)42-31-59(32-42)19-22-67(23-20-59)41-8-10-45(49(29-41)69-51-28-40-15-21-62-55(40)64-57(51)78-54-16-26-77-36-53(54)69)56(71)65-79(75,76)43-9-12-48(50(30-43)70(73)74)63-33-38-13-17-58(2,72)18-14-38/h3-12,15,21,27-30,38,42,52-54,63,72H,13-14,16-20,22-26,31-36H2,1-2H3,(H,62,64)(H,65,71)/t38?,52-,53-,54-,58?/m0/s1. The van der Waals surface area contributed by atoms with Gasteiger partial charge in [0.2, 0.25) is 5.88 Å². The average molecular weight is 1100 g/mol. The van der Waals surface area contributed by atoms with Crippen LogP contribution in [-0.4, -0.2) is 120 Å². The van der Waals surface area contributed by atoms with E-state index in [0.29, 0.717) is 67.9 Å². The molecule has 1 amide bonds. The van der Waals surface area contributed by atoms with E-state index in [-0.39, 0.29) is 41.3 Å². The van der Waals surface area contributed by atoms with Gasteiger partial charge < -0.3 is 34.7 Å². The monoisotopic (exact) mass is 1100 g/mol. The van der Waals surface area contributed by atoms with Gasteiger partial charge in [0.15, 0.2) is 11.6 Å². The first-order valence-corrected chi connectivity index (χ1v) is 29.2. The molecule has 4 aromatic carbocycles. The number of aryl methyl sites for hydroxylation is 1. The van der Waals surface area contributed by atoms with Gasteiger partial charge >= 0.3 is 0 Å². The minimum Gasteiger partial charge on any atom is -0.470 e. The van der Waals surface area contributed by atoms with Crippen LogP contribution >= 0.6 is 0 Å². The normalized spacial score (nSPS) is 24.6. The van der Waals surface area contributed by atoms with E-state index < -0.39 is 54.7 Å². The molecule has 12 rings (SSSR count). The van der Waals surface area contributed by atoms with Gasteiger partial charge in [0.25, 0.3) is 21.6 Å². The SMILES string of the molecule is Cc1ccccc1[C@@H]1CN(Cc2ccc(F)c(F)c2)CCN1C1CC2(CCN(c3ccc(C(=O)NS(=O)(=O)c4ccc(NCC5CCC(C)(O)CC5)c([N+](=O)[O-])c4)c(N4c5cc6cc[nH]c6nc5O[C@H]5CCOC[C@@H]54)c3)CC2)C1. The summed E-state index contributed by atoms with van der Waals surface area (Å²) in [6, 6.07) is 25.8. The number of nitro groups is 1. The van der Waals surface area contributed by atoms with Crippen molar-refractivity contribution in [3.05, 3.63) is 141 Å². The Kier molecular flexibility index (Phi) is 14.1. The number of H-pyrrole nitrogens is 1. The summed E-state index contributed by atoms with van der Waals surface area (Å²) in [6.07, 6.45) is 8.77. The summed E-state index contributed by atoms with van der Waals surface area (Å²) in [5.41, 5.74) is 5.02. The number of sulfonamides is 1. The number of fused-ring (bicyclic) bond motifs is 3. The zero-order valence-electron chi connectivity index (χ0n) is 44.5. The van der Waals surface area contributed by atoms with Gasteiger partial charge in [-0.25, -0.2) is 21.9 Å². The molecular formula is C59H67F2N9O8S. The number of amides is 1. The molecule has 416 valence electrons. The molecule has 6 heterocycles. The van der Waals surface area contributed by atoms with Crippen LogP contribution in [0.4, 0.5) is 37.2 Å². The molecule has 20 heteroatoms. The van der Waals surface area contributed by atoms with E-state index in [2.05, 4.69) is 60.9 Å². The summed E-state index contributed by atoms with van der Waals surface area (Å²) in [6.45, 7) is 9.64. The number of hydrogen-bond acceptors (Lipinski definition) is 14. The fraction of sp³-hybridized carbons (Fsp3) is 0.458. The minimum atomic E-state index is -4.66. The number of aromatic amines is 1. The van der Waals surface area contributed by atoms with Crippen LogP contribution in [0.2, 0.25) is 0 Å². The molecule has 79 heavy (non-hydrogen) atoms. The highest BCUT2D eigenvalue weighted by Gasteiger charge is 2.50. The smallest absolute Gasteiger partial charge is 0.293 e. The van der Waals surface area contributed by atoms with Gasteiger partial charge in [-0.15, -0.1) is 0 Å². The molecule has 4 N–H and O–H groups in total. The van der Waals surface area contributed by atoms with Crippen molar-refractivity contribution in [1.29, 1.82) is 0 Å². The number of rotatable bonds is 13. The molecule has 2 aromatic heterocycles. The number of carbonyl (C=O) groups excluding carboxylic acids is 1. The summed E-state index contributed by atoms with van der Waals surface area (Å²) in [5.74, 6) is -2.03. The number of carbonyl (C=O) groups is 1. The van der Waals surface area contributed by atoms with E-state index in [1.54, 1.807) is 18.3 Å². The van der Waals surface area contributed by atoms with Gasteiger partial charge in [-0.2, -0.15) is 4.98 Å². The first-order chi connectivity index (χ1) is 38.0. The molecule has 1 spiro atoms. The summed E-state index contributed by atoms with van der Waals surface area (Å²) < 4.78 is 71.5. The number of nitro benzene ring substituents is 1. The predicted octanol–water partition coefficient (Wildman–Crippen LogP) is 9.53. The van der Waals surface area contributed by atoms with Crippen molar-refractivity contribution >= 4 is 55.4 Å². The number of nitrogens with zero attached hydrogens (tertiary/aromatic N) is 6. The second-order valence-electron chi connectivity index (χ2n) is 23.2. The molecule has 0 bridgehead atoms. The van der Waals surface area contributed by atoms with Gasteiger partial charge in [0.1, 0.15) is 23.1 Å². The molecule has 4 aliphatic heterocycles. The topological polar surface area (TPSA) is 199 Å². The highest BCUT2D eigenvalue weighted by atomic mass is 32.2. The molecule has 3 atom stereocenters. The van der Waals surface area contributed by atoms with E-state index >= 15 is 0 Å². The van der Waals surface area contributed by atoms with E-state index in [9.17, 15) is 37.2 Å². The highest BCUT2D eigenvalue weighted by Crippen LogP contribution is 2.54. The zero-order chi connectivity index (χ0) is 54.8. The largest absolute Gasteiger partial charge is 0.470 e. The van der Waals surface area contributed by atoms with E-state index in [1.807, 2.05) is 36.1 Å². The molecule has 3 saturated heterocycles. The Morgan fingerprint density at radius 1 is 0.924 bits per heavy atom. The Hall–Kier alpha value is -6.71. The first-order valence-electron chi connectivity index (χ1n) is 27.7. The summed E-state index contributed by atoms with van der Waals surface area (Å²) in [4.78, 5) is 43.5.